The lowest BCUT2D eigenvalue weighted by Gasteiger charge is -2.23. The van der Waals surface area contributed by atoms with Crippen LogP contribution in [0.5, 0.6) is 0 Å². The van der Waals surface area contributed by atoms with Gasteiger partial charge in [0.05, 0.1) is 10.9 Å². The SMILES string of the molecule is O=S1(=O)c2ccccc2C(c2ccccc2)N1CCCl. The number of nitrogens with zero attached hydrogens (tertiary/aromatic N) is 1. The molecule has 0 aromatic heterocycles. The van der Waals surface area contributed by atoms with E-state index in [0.717, 1.165) is 11.1 Å². The highest BCUT2D eigenvalue weighted by Gasteiger charge is 2.42. The van der Waals surface area contributed by atoms with Gasteiger partial charge in [0.2, 0.25) is 10.0 Å². The fraction of sp³-hybridized carbons (Fsp3) is 0.200. The average Bonchev–Trinajstić information content (AvgIpc) is 2.69. The summed E-state index contributed by atoms with van der Waals surface area (Å²) in [5, 5.41) is 0. The van der Waals surface area contributed by atoms with E-state index in [-0.39, 0.29) is 11.9 Å². The molecule has 2 aromatic rings. The summed E-state index contributed by atoms with van der Waals surface area (Å²) in [4.78, 5) is 0.388. The van der Waals surface area contributed by atoms with Gasteiger partial charge in [-0.2, -0.15) is 4.31 Å². The first-order valence-electron chi connectivity index (χ1n) is 6.38. The molecule has 1 aliphatic heterocycles. The molecule has 3 rings (SSSR count). The van der Waals surface area contributed by atoms with E-state index < -0.39 is 10.0 Å². The number of fused-ring (bicyclic) bond motifs is 1. The van der Waals surface area contributed by atoms with Crippen LogP contribution in [-0.2, 0) is 10.0 Å². The van der Waals surface area contributed by atoms with Gasteiger partial charge in [-0.25, -0.2) is 8.42 Å². The van der Waals surface area contributed by atoms with Crippen LogP contribution >= 0.6 is 11.6 Å². The van der Waals surface area contributed by atoms with Gasteiger partial charge in [-0.15, -0.1) is 11.6 Å². The zero-order valence-corrected chi connectivity index (χ0v) is 12.3. The fourth-order valence-electron chi connectivity index (χ4n) is 2.68. The summed E-state index contributed by atoms with van der Waals surface area (Å²) in [5.74, 6) is 0.274. The predicted octanol–water partition coefficient (Wildman–Crippen LogP) is 3.02. The molecule has 0 saturated carbocycles. The average molecular weight is 308 g/mol. The molecule has 20 heavy (non-hydrogen) atoms. The minimum absolute atomic E-state index is 0.274. The quantitative estimate of drug-likeness (QED) is 0.817. The lowest BCUT2D eigenvalue weighted by molar-refractivity contribution is 0.396. The van der Waals surface area contributed by atoms with Gasteiger partial charge in [0.15, 0.2) is 0 Å². The van der Waals surface area contributed by atoms with Gasteiger partial charge in [0.25, 0.3) is 0 Å². The first-order valence-corrected chi connectivity index (χ1v) is 8.35. The van der Waals surface area contributed by atoms with Crippen LogP contribution in [0.3, 0.4) is 0 Å². The van der Waals surface area contributed by atoms with Crippen molar-refractivity contribution in [1.82, 2.24) is 4.31 Å². The molecule has 0 bridgehead atoms. The molecule has 0 N–H and O–H groups in total. The molecule has 3 nitrogen and oxygen atoms in total. The van der Waals surface area contributed by atoms with Crippen molar-refractivity contribution < 1.29 is 8.42 Å². The highest BCUT2D eigenvalue weighted by atomic mass is 35.5. The van der Waals surface area contributed by atoms with Gasteiger partial charge < -0.3 is 0 Å². The monoisotopic (exact) mass is 307 g/mol. The second-order valence-electron chi connectivity index (χ2n) is 4.66. The Kier molecular flexibility index (Phi) is 3.54. The molecule has 0 fully saturated rings. The summed E-state index contributed by atoms with van der Waals surface area (Å²) < 4.78 is 26.7. The van der Waals surface area contributed by atoms with Crippen molar-refractivity contribution in [2.75, 3.05) is 12.4 Å². The largest absolute Gasteiger partial charge is 0.244 e. The van der Waals surface area contributed by atoms with E-state index >= 15 is 0 Å². The third kappa shape index (κ3) is 2.04. The van der Waals surface area contributed by atoms with Crippen LogP contribution in [0.1, 0.15) is 17.2 Å². The lowest BCUT2D eigenvalue weighted by Crippen LogP contribution is -2.30. The lowest BCUT2D eigenvalue weighted by atomic mass is 9.99. The summed E-state index contributed by atoms with van der Waals surface area (Å²) in [6.45, 7) is 0.304. The Labute approximate surface area is 123 Å². The van der Waals surface area contributed by atoms with Gasteiger partial charge in [0, 0.05) is 12.4 Å². The van der Waals surface area contributed by atoms with E-state index in [2.05, 4.69) is 0 Å². The number of sulfonamides is 1. The molecular formula is C15H14ClNO2S. The first kappa shape index (κ1) is 13.6. The van der Waals surface area contributed by atoms with E-state index in [1.54, 1.807) is 12.1 Å². The molecule has 1 aliphatic rings. The Morgan fingerprint density at radius 2 is 1.65 bits per heavy atom. The van der Waals surface area contributed by atoms with Gasteiger partial charge in [-0.05, 0) is 17.2 Å². The van der Waals surface area contributed by atoms with Crippen LogP contribution in [0.4, 0.5) is 0 Å². The van der Waals surface area contributed by atoms with Crippen LogP contribution in [-0.4, -0.2) is 25.1 Å². The van der Waals surface area contributed by atoms with Crippen LogP contribution in [0.25, 0.3) is 0 Å². The van der Waals surface area contributed by atoms with Gasteiger partial charge in [0.1, 0.15) is 0 Å². The van der Waals surface area contributed by atoms with Crippen molar-refractivity contribution in [3.05, 3.63) is 65.7 Å². The van der Waals surface area contributed by atoms with Gasteiger partial charge in [-0.3, -0.25) is 0 Å². The maximum absolute atomic E-state index is 12.6. The molecule has 0 radical (unpaired) electrons. The first-order chi connectivity index (χ1) is 9.66. The summed E-state index contributed by atoms with van der Waals surface area (Å²) in [7, 11) is -3.46. The van der Waals surface area contributed by atoms with E-state index in [1.807, 2.05) is 42.5 Å². The summed E-state index contributed by atoms with van der Waals surface area (Å²) in [5.41, 5.74) is 1.79. The summed E-state index contributed by atoms with van der Waals surface area (Å²) in [6.07, 6.45) is 0. The Morgan fingerprint density at radius 1 is 1.00 bits per heavy atom. The minimum Gasteiger partial charge on any atom is -0.207 e. The Bertz CT molecular complexity index is 716. The second kappa shape index (κ2) is 5.20. The van der Waals surface area contributed by atoms with Crippen molar-refractivity contribution in [1.29, 1.82) is 0 Å². The zero-order chi connectivity index (χ0) is 14.2. The molecule has 2 aromatic carbocycles. The van der Waals surface area contributed by atoms with Crippen molar-refractivity contribution >= 4 is 21.6 Å². The molecular weight excluding hydrogens is 294 g/mol. The molecule has 0 aliphatic carbocycles. The summed E-state index contributed by atoms with van der Waals surface area (Å²) in [6, 6.07) is 16.5. The number of rotatable bonds is 3. The molecule has 104 valence electrons. The van der Waals surface area contributed by atoms with E-state index in [9.17, 15) is 8.42 Å². The second-order valence-corrected chi connectivity index (χ2v) is 6.89. The van der Waals surface area contributed by atoms with Crippen molar-refractivity contribution in [2.45, 2.75) is 10.9 Å². The highest BCUT2D eigenvalue weighted by Crippen LogP contribution is 2.42. The van der Waals surface area contributed by atoms with E-state index in [1.165, 1.54) is 4.31 Å². The molecule has 0 amide bonds. The highest BCUT2D eigenvalue weighted by molar-refractivity contribution is 7.89. The van der Waals surface area contributed by atoms with E-state index in [0.29, 0.717) is 11.4 Å². The van der Waals surface area contributed by atoms with Crippen molar-refractivity contribution in [3.63, 3.8) is 0 Å². The Hall–Kier alpha value is -1.36. The van der Waals surface area contributed by atoms with Gasteiger partial charge >= 0.3 is 0 Å². The van der Waals surface area contributed by atoms with Crippen LogP contribution < -0.4 is 0 Å². The molecule has 1 unspecified atom stereocenters. The fourth-order valence-corrected chi connectivity index (χ4v) is 4.78. The number of hydrogen-bond acceptors (Lipinski definition) is 2. The minimum atomic E-state index is -3.46. The molecule has 0 saturated heterocycles. The van der Waals surface area contributed by atoms with Crippen LogP contribution in [0.2, 0.25) is 0 Å². The van der Waals surface area contributed by atoms with Crippen molar-refractivity contribution in [2.24, 2.45) is 0 Å². The molecule has 0 spiro atoms. The Morgan fingerprint density at radius 3 is 2.35 bits per heavy atom. The normalized spacial score (nSPS) is 20.8. The zero-order valence-electron chi connectivity index (χ0n) is 10.7. The maximum Gasteiger partial charge on any atom is 0.244 e. The third-order valence-corrected chi connectivity index (χ3v) is 5.62. The third-order valence-electron chi connectivity index (χ3n) is 3.51. The number of alkyl halides is 1. The standard InChI is InChI=1S/C15H14ClNO2S/c16-10-11-17-15(12-6-2-1-3-7-12)13-8-4-5-9-14(13)20(17,18)19/h1-9,15H,10-11H2. The molecule has 1 atom stereocenters. The smallest absolute Gasteiger partial charge is 0.207 e. The maximum atomic E-state index is 12.6. The molecule has 5 heteroatoms. The van der Waals surface area contributed by atoms with Crippen LogP contribution in [0, 0.1) is 0 Å². The summed E-state index contributed by atoms with van der Waals surface area (Å²) >= 11 is 5.80. The number of hydrogen-bond donors (Lipinski definition) is 0. The van der Waals surface area contributed by atoms with Crippen LogP contribution in [0.15, 0.2) is 59.5 Å². The van der Waals surface area contributed by atoms with Gasteiger partial charge in [-0.1, -0.05) is 48.5 Å². The topological polar surface area (TPSA) is 37.4 Å². The molecule has 1 heterocycles. The Balaban J connectivity index is 2.21. The van der Waals surface area contributed by atoms with Crippen molar-refractivity contribution in [3.8, 4) is 0 Å². The predicted molar refractivity (Wildman–Crippen MR) is 79.3 cm³/mol. The number of halogens is 1. The van der Waals surface area contributed by atoms with E-state index in [4.69, 9.17) is 11.6 Å². The number of benzene rings is 2.